The van der Waals surface area contributed by atoms with Crippen molar-refractivity contribution in [2.75, 3.05) is 13.2 Å². The first kappa shape index (κ1) is 27.2. The summed E-state index contributed by atoms with van der Waals surface area (Å²) < 4.78 is 19.2. The lowest BCUT2D eigenvalue weighted by atomic mass is 10.0. The molecule has 1 atom stereocenters. The Kier molecular flexibility index (Phi) is 10.8. The monoisotopic (exact) mass is 510 g/mol. The molecule has 0 unspecified atom stereocenters. The topological polar surface area (TPSA) is 58.6 Å². The van der Waals surface area contributed by atoms with Gasteiger partial charge in [0.05, 0.1) is 5.02 Å². The van der Waals surface area contributed by atoms with E-state index in [2.05, 4.69) is 12.2 Å². The molecule has 0 spiro atoms. The number of amides is 2. The van der Waals surface area contributed by atoms with Gasteiger partial charge in [-0.15, -0.1) is 0 Å². The van der Waals surface area contributed by atoms with Gasteiger partial charge >= 0.3 is 0 Å². The van der Waals surface area contributed by atoms with E-state index in [0.717, 1.165) is 24.8 Å². The maximum absolute atomic E-state index is 13.5. The number of rotatable bonds is 13. The molecule has 190 valence electrons. The molecule has 0 aliphatic heterocycles. The zero-order valence-electron chi connectivity index (χ0n) is 20.5. The molecule has 36 heavy (non-hydrogen) atoms. The van der Waals surface area contributed by atoms with Gasteiger partial charge in [0.1, 0.15) is 17.6 Å². The summed E-state index contributed by atoms with van der Waals surface area (Å²) in [4.78, 5) is 28.4. The number of carbonyl (C=O) groups excluding carboxylic acids is 2. The van der Waals surface area contributed by atoms with E-state index in [1.54, 1.807) is 36.4 Å². The second-order valence-corrected chi connectivity index (χ2v) is 8.98. The van der Waals surface area contributed by atoms with Crippen LogP contribution >= 0.6 is 11.6 Å². The Balaban J connectivity index is 1.87. The largest absolute Gasteiger partial charge is 0.482 e. The van der Waals surface area contributed by atoms with Crippen molar-refractivity contribution in [3.63, 3.8) is 0 Å². The molecule has 3 rings (SSSR count). The minimum Gasteiger partial charge on any atom is -0.482 e. The van der Waals surface area contributed by atoms with Gasteiger partial charge in [-0.25, -0.2) is 4.39 Å². The van der Waals surface area contributed by atoms with Crippen molar-refractivity contribution in [1.82, 2.24) is 10.2 Å². The number of hydrogen-bond acceptors (Lipinski definition) is 3. The van der Waals surface area contributed by atoms with Crippen LogP contribution in [0.3, 0.4) is 0 Å². The molecule has 0 saturated carbocycles. The third kappa shape index (κ3) is 8.38. The van der Waals surface area contributed by atoms with Gasteiger partial charge in [-0.1, -0.05) is 86.0 Å². The first-order valence-electron chi connectivity index (χ1n) is 12.2. The summed E-state index contributed by atoms with van der Waals surface area (Å²) in [5, 5.41) is 3.39. The van der Waals surface area contributed by atoms with E-state index in [1.165, 1.54) is 17.0 Å². The summed E-state index contributed by atoms with van der Waals surface area (Å²) >= 11 is 6.19. The number of benzene rings is 3. The van der Waals surface area contributed by atoms with Crippen molar-refractivity contribution in [3.05, 3.63) is 101 Å². The quantitative estimate of drug-likeness (QED) is 0.295. The average Bonchev–Trinajstić information content (AvgIpc) is 2.89. The number of nitrogens with one attached hydrogen (secondary N) is 1. The zero-order valence-corrected chi connectivity index (χ0v) is 21.2. The van der Waals surface area contributed by atoms with E-state index in [1.807, 2.05) is 30.3 Å². The van der Waals surface area contributed by atoms with Crippen LogP contribution in [-0.4, -0.2) is 35.9 Å². The summed E-state index contributed by atoms with van der Waals surface area (Å²) in [6.07, 6.45) is 3.24. The molecule has 0 radical (unpaired) electrons. The fourth-order valence-electron chi connectivity index (χ4n) is 3.83. The summed E-state index contributed by atoms with van der Waals surface area (Å²) in [5.41, 5.74) is 1.63. The van der Waals surface area contributed by atoms with E-state index in [9.17, 15) is 14.0 Å². The Bertz CT molecular complexity index is 1110. The lowest BCUT2D eigenvalue weighted by Gasteiger charge is -2.31. The SMILES string of the molecule is CCCCCNC(=O)[C@H](Cc1ccccc1)N(Cc1ccc(F)cc1)C(=O)COc1ccccc1Cl. The summed E-state index contributed by atoms with van der Waals surface area (Å²) in [6, 6.07) is 21.6. The molecule has 0 aliphatic carbocycles. The molecule has 0 heterocycles. The van der Waals surface area contributed by atoms with Gasteiger partial charge in [0.2, 0.25) is 5.91 Å². The molecule has 0 saturated heterocycles. The van der Waals surface area contributed by atoms with E-state index in [-0.39, 0.29) is 30.8 Å². The van der Waals surface area contributed by atoms with Crippen molar-refractivity contribution in [1.29, 1.82) is 0 Å². The van der Waals surface area contributed by atoms with Crippen molar-refractivity contribution in [3.8, 4) is 5.75 Å². The van der Waals surface area contributed by atoms with Gasteiger partial charge in [0.25, 0.3) is 5.91 Å². The minimum atomic E-state index is -0.776. The molecule has 0 bridgehead atoms. The van der Waals surface area contributed by atoms with Crippen LogP contribution in [0.1, 0.15) is 37.3 Å². The third-order valence-corrected chi connectivity index (χ3v) is 6.12. The first-order valence-corrected chi connectivity index (χ1v) is 12.6. The van der Waals surface area contributed by atoms with Crippen LogP contribution in [0.2, 0.25) is 5.02 Å². The van der Waals surface area contributed by atoms with Gasteiger partial charge in [-0.05, 0) is 41.8 Å². The number of ether oxygens (including phenoxy) is 1. The van der Waals surface area contributed by atoms with E-state index < -0.39 is 6.04 Å². The highest BCUT2D eigenvalue weighted by molar-refractivity contribution is 6.32. The van der Waals surface area contributed by atoms with Gasteiger partial charge in [0.15, 0.2) is 6.61 Å². The van der Waals surface area contributed by atoms with Crippen molar-refractivity contribution in [2.24, 2.45) is 0 Å². The number of nitrogens with zero attached hydrogens (tertiary/aromatic N) is 1. The van der Waals surface area contributed by atoms with Gasteiger partial charge in [0, 0.05) is 19.5 Å². The Morgan fingerprint density at radius 2 is 1.64 bits per heavy atom. The molecule has 2 amide bonds. The Morgan fingerprint density at radius 1 is 0.944 bits per heavy atom. The summed E-state index contributed by atoms with van der Waals surface area (Å²) in [7, 11) is 0. The second kappa shape index (κ2) is 14.2. The maximum atomic E-state index is 13.5. The summed E-state index contributed by atoms with van der Waals surface area (Å²) in [5.74, 6) is -0.585. The highest BCUT2D eigenvalue weighted by Gasteiger charge is 2.30. The lowest BCUT2D eigenvalue weighted by molar-refractivity contribution is -0.142. The predicted molar refractivity (Wildman–Crippen MR) is 140 cm³/mol. The van der Waals surface area contributed by atoms with Crippen molar-refractivity contribution in [2.45, 2.75) is 45.2 Å². The number of unbranched alkanes of at least 4 members (excludes halogenated alkanes) is 2. The van der Waals surface area contributed by atoms with Gasteiger partial charge in [-0.3, -0.25) is 9.59 Å². The van der Waals surface area contributed by atoms with Crippen LogP contribution in [0, 0.1) is 5.82 Å². The molecule has 3 aromatic carbocycles. The number of para-hydroxylation sites is 1. The Labute approximate surface area is 217 Å². The third-order valence-electron chi connectivity index (χ3n) is 5.80. The van der Waals surface area contributed by atoms with E-state index >= 15 is 0 Å². The summed E-state index contributed by atoms with van der Waals surface area (Å²) in [6.45, 7) is 2.47. The van der Waals surface area contributed by atoms with Gasteiger partial charge < -0.3 is 15.0 Å². The van der Waals surface area contributed by atoms with Crippen LogP contribution in [0.25, 0.3) is 0 Å². The highest BCUT2D eigenvalue weighted by Crippen LogP contribution is 2.23. The smallest absolute Gasteiger partial charge is 0.261 e. The zero-order chi connectivity index (χ0) is 25.8. The molecular formula is C29H32ClFN2O3. The molecule has 3 aromatic rings. The minimum absolute atomic E-state index is 0.130. The van der Waals surface area contributed by atoms with Crippen LogP contribution in [-0.2, 0) is 22.6 Å². The van der Waals surface area contributed by atoms with Crippen LogP contribution in [0.4, 0.5) is 4.39 Å². The lowest BCUT2D eigenvalue weighted by Crippen LogP contribution is -2.51. The fraction of sp³-hybridized carbons (Fsp3) is 0.310. The molecule has 5 nitrogen and oxygen atoms in total. The molecule has 0 fully saturated rings. The van der Waals surface area contributed by atoms with Crippen LogP contribution in [0.5, 0.6) is 5.75 Å². The molecular weight excluding hydrogens is 479 g/mol. The first-order chi connectivity index (χ1) is 17.5. The van der Waals surface area contributed by atoms with Crippen molar-refractivity contribution < 1.29 is 18.7 Å². The number of halogens is 2. The Morgan fingerprint density at radius 3 is 2.33 bits per heavy atom. The fourth-order valence-corrected chi connectivity index (χ4v) is 4.02. The average molecular weight is 511 g/mol. The number of carbonyl (C=O) groups is 2. The molecule has 7 heteroatoms. The van der Waals surface area contributed by atoms with Crippen molar-refractivity contribution >= 4 is 23.4 Å². The van der Waals surface area contributed by atoms with Crippen LogP contribution < -0.4 is 10.1 Å². The maximum Gasteiger partial charge on any atom is 0.261 e. The second-order valence-electron chi connectivity index (χ2n) is 8.57. The molecule has 1 N–H and O–H groups in total. The predicted octanol–water partition coefficient (Wildman–Crippen LogP) is 5.80. The normalized spacial score (nSPS) is 11.5. The van der Waals surface area contributed by atoms with Gasteiger partial charge in [-0.2, -0.15) is 0 Å². The van der Waals surface area contributed by atoms with E-state index in [4.69, 9.17) is 16.3 Å². The molecule has 0 aliphatic rings. The van der Waals surface area contributed by atoms with E-state index in [0.29, 0.717) is 29.3 Å². The standard InChI is InChI=1S/C29H32ClFN2O3/c1-2-3-9-18-32-29(35)26(19-22-10-5-4-6-11-22)33(20-23-14-16-24(31)17-15-23)28(34)21-36-27-13-8-7-12-25(27)30/h4-8,10-17,26H,2-3,9,18-21H2,1H3,(H,32,35)/t26-/m0/s1. The highest BCUT2D eigenvalue weighted by atomic mass is 35.5. The molecule has 0 aromatic heterocycles. The number of hydrogen-bond donors (Lipinski definition) is 1. The Hall–Kier alpha value is -3.38. The van der Waals surface area contributed by atoms with Crippen LogP contribution in [0.15, 0.2) is 78.9 Å².